The summed E-state index contributed by atoms with van der Waals surface area (Å²) < 4.78 is 3.09. The first-order valence-corrected chi connectivity index (χ1v) is 9.59. The molecule has 0 aliphatic carbocycles. The second kappa shape index (κ2) is 8.10. The maximum Gasteiger partial charge on any atom is 0.257 e. The minimum absolute atomic E-state index is 0.0419. The molecule has 0 aliphatic heterocycles. The van der Waals surface area contributed by atoms with Crippen molar-refractivity contribution in [3.8, 4) is 5.82 Å². The monoisotopic (exact) mass is 387 g/mol. The van der Waals surface area contributed by atoms with E-state index >= 15 is 0 Å². The molecule has 4 rings (SSSR count). The van der Waals surface area contributed by atoms with Gasteiger partial charge in [0.05, 0.1) is 17.1 Å². The highest BCUT2D eigenvalue weighted by molar-refractivity contribution is 5.76. The maximum absolute atomic E-state index is 10.1. The van der Waals surface area contributed by atoms with Gasteiger partial charge in [0.15, 0.2) is 6.21 Å². The molecule has 0 aliphatic rings. The SMILES string of the molecule is CC/C=[N+](/O)c1cccc([C@H](C)Nc2nccc(-n3cnc4ccccc43)n2)c1. The fraction of sp³-hybridized carbons (Fsp3) is 0.182. The number of anilines is 1. The van der Waals surface area contributed by atoms with Gasteiger partial charge < -0.3 is 5.32 Å². The Bertz CT molecular complexity index is 1170. The van der Waals surface area contributed by atoms with E-state index in [4.69, 9.17) is 0 Å². The molecule has 0 saturated heterocycles. The van der Waals surface area contributed by atoms with Crippen LogP contribution in [0.2, 0.25) is 0 Å². The Hall–Kier alpha value is -3.74. The number of imidazole rings is 1. The molecule has 146 valence electrons. The zero-order chi connectivity index (χ0) is 20.2. The molecule has 7 nitrogen and oxygen atoms in total. The van der Waals surface area contributed by atoms with Gasteiger partial charge in [-0.05, 0) is 30.7 Å². The van der Waals surface area contributed by atoms with Crippen LogP contribution in [0.15, 0.2) is 67.1 Å². The number of hydrogen-bond acceptors (Lipinski definition) is 5. The van der Waals surface area contributed by atoms with Gasteiger partial charge in [-0.3, -0.25) is 9.77 Å². The van der Waals surface area contributed by atoms with E-state index in [-0.39, 0.29) is 6.04 Å². The van der Waals surface area contributed by atoms with Crippen molar-refractivity contribution in [2.24, 2.45) is 0 Å². The second-order valence-corrected chi connectivity index (χ2v) is 6.74. The van der Waals surface area contributed by atoms with Crippen LogP contribution in [-0.4, -0.2) is 35.7 Å². The molecule has 4 aromatic rings. The summed E-state index contributed by atoms with van der Waals surface area (Å²) in [5.74, 6) is 1.27. The number of nitrogens with one attached hydrogen (secondary N) is 1. The van der Waals surface area contributed by atoms with Gasteiger partial charge in [0, 0.05) is 29.5 Å². The lowest BCUT2D eigenvalue weighted by Gasteiger charge is -2.15. The fourth-order valence-corrected chi connectivity index (χ4v) is 3.19. The summed E-state index contributed by atoms with van der Waals surface area (Å²) in [7, 11) is 0. The summed E-state index contributed by atoms with van der Waals surface area (Å²) in [5, 5.41) is 13.4. The van der Waals surface area contributed by atoms with E-state index in [1.54, 1.807) is 18.7 Å². The van der Waals surface area contributed by atoms with Gasteiger partial charge in [0.25, 0.3) is 5.69 Å². The molecule has 2 heterocycles. The minimum atomic E-state index is -0.0419. The Kier molecular flexibility index (Phi) is 5.20. The summed E-state index contributed by atoms with van der Waals surface area (Å²) in [6.07, 6.45) is 5.97. The van der Waals surface area contributed by atoms with E-state index in [9.17, 15) is 5.21 Å². The van der Waals surface area contributed by atoms with Crippen LogP contribution in [0, 0.1) is 0 Å². The van der Waals surface area contributed by atoms with Gasteiger partial charge in [-0.25, -0.2) is 9.97 Å². The van der Waals surface area contributed by atoms with Gasteiger partial charge in [-0.1, -0.05) is 31.2 Å². The van der Waals surface area contributed by atoms with E-state index in [1.807, 2.05) is 73.0 Å². The van der Waals surface area contributed by atoms with Crippen LogP contribution in [-0.2, 0) is 0 Å². The molecule has 0 amide bonds. The van der Waals surface area contributed by atoms with Crippen molar-refractivity contribution >= 4 is 28.9 Å². The number of rotatable bonds is 6. The highest BCUT2D eigenvalue weighted by atomic mass is 16.5. The van der Waals surface area contributed by atoms with E-state index in [2.05, 4.69) is 20.3 Å². The Morgan fingerprint density at radius 1 is 1.14 bits per heavy atom. The van der Waals surface area contributed by atoms with Gasteiger partial charge in [-0.15, -0.1) is 0 Å². The highest BCUT2D eigenvalue weighted by Gasteiger charge is 2.13. The fourth-order valence-electron chi connectivity index (χ4n) is 3.19. The number of benzene rings is 2. The standard InChI is InChI=1S/C22H23N6O/c1-3-13-28(29)18-8-6-7-17(14-18)16(2)25-22-23-12-11-21(26-22)27-15-24-19-9-4-5-10-20(19)27/h4-16,29H,3H2,1-2H3,(H,23,25,26)/q+1/b28-13+/t16-/m0/s1. The van der Waals surface area contributed by atoms with Crippen molar-refractivity contribution in [2.75, 3.05) is 5.32 Å². The number of nitrogens with zero attached hydrogens (tertiary/aromatic N) is 5. The molecule has 2 N–H and O–H groups in total. The van der Waals surface area contributed by atoms with E-state index in [0.29, 0.717) is 5.95 Å². The lowest BCUT2D eigenvalue weighted by Crippen LogP contribution is -2.11. The molecule has 2 aromatic carbocycles. The van der Waals surface area contributed by atoms with Crippen LogP contribution in [0.5, 0.6) is 0 Å². The predicted octanol–water partition coefficient (Wildman–Crippen LogP) is 4.50. The maximum atomic E-state index is 10.1. The molecule has 29 heavy (non-hydrogen) atoms. The summed E-state index contributed by atoms with van der Waals surface area (Å²) in [6, 6.07) is 17.5. The van der Waals surface area contributed by atoms with Crippen molar-refractivity contribution in [1.82, 2.24) is 19.5 Å². The molecule has 2 aromatic heterocycles. The molecule has 0 bridgehead atoms. The molecule has 0 radical (unpaired) electrons. The third-order valence-electron chi connectivity index (χ3n) is 4.68. The van der Waals surface area contributed by atoms with Crippen LogP contribution >= 0.6 is 0 Å². The Morgan fingerprint density at radius 3 is 2.86 bits per heavy atom. The summed E-state index contributed by atoms with van der Waals surface area (Å²) >= 11 is 0. The predicted molar refractivity (Wildman–Crippen MR) is 113 cm³/mol. The van der Waals surface area contributed by atoms with Crippen molar-refractivity contribution < 1.29 is 9.95 Å². The van der Waals surface area contributed by atoms with Crippen molar-refractivity contribution in [3.05, 3.63) is 72.7 Å². The summed E-state index contributed by atoms with van der Waals surface area (Å²) in [5.41, 5.74) is 3.65. The number of hydrogen-bond donors (Lipinski definition) is 2. The first-order valence-electron chi connectivity index (χ1n) is 9.59. The summed E-state index contributed by atoms with van der Waals surface area (Å²) in [4.78, 5) is 13.4. The van der Waals surface area contributed by atoms with E-state index in [0.717, 1.165) is 39.3 Å². The van der Waals surface area contributed by atoms with E-state index < -0.39 is 0 Å². The molecular weight excluding hydrogens is 364 g/mol. The first-order chi connectivity index (χ1) is 14.2. The van der Waals surface area contributed by atoms with Crippen LogP contribution < -0.4 is 5.32 Å². The zero-order valence-electron chi connectivity index (χ0n) is 16.4. The molecule has 0 unspecified atom stereocenters. The lowest BCUT2D eigenvalue weighted by molar-refractivity contribution is -0.710. The molecule has 1 atom stereocenters. The summed E-state index contributed by atoms with van der Waals surface area (Å²) in [6.45, 7) is 4.01. The largest absolute Gasteiger partial charge is 0.348 e. The lowest BCUT2D eigenvalue weighted by atomic mass is 10.1. The number of para-hydroxylation sites is 2. The second-order valence-electron chi connectivity index (χ2n) is 6.74. The van der Waals surface area contributed by atoms with Gasteiger partial charge in [-0.2, -0.15) is 4.98 Å². The molecule has 0 saturated carbocycles. The highest BCUT2D eigenvalue weighted by Crippen LogP contribution is 2.22. The first kappa shape index (κ1) is 18.6. The van der Waals surface area contributed by atoms with Crippen LogP contribution in [0.1, 0.15) is 31.9 Å². The van der Waals surface area contributed by atoms with Crippen LogP contribution in [0.25, 0.3) is 16.9 Å². The third-order valence-corrected chi connectivity index (χ3v) is 4.68. The third kappa shape index (κ3) is 3.94. The minimum Gasteiger partial charge on any atom is -0.348 e. The molecule has 7 heteroatoms. The molecule has 0 fully saturated rings. The van der Waals surface area contributed by atoms with Gasteiger partial charge >= 0.3 is 0 Å². The normalized spacial score (nSPS) is 12.8. The average Bonchev–Trinajstić information content (AvgIpc) is 3.18. The van der Waals surface area contributed by atoms with Crippen molar-refractivity contribution in [1.29, 1.82) is 0 Å². The Labute approximate surface area is 169 Å². The van der Waals surface area contributed by atoms with Gasteiger partial charge in [0.1, 0.15) is 12.1 Å². The van der Waals surface area contributed by atoms with Crippen LogP contribution in [0.3, 0.4) is 0 Å². The molecular formula is C22H23N6O+. The Balaban J connectivity index is 1.58. The molecule has 0 spiro atoms. The quantitative estimate of drug-likeness (QED) is 0.220. The van der Waals surface area contributed by atoms with Gasteiger partial charge in [0.2, 0.25) is 5.95 Å². The van der Waals surface area contributed by atoms with Crippen molar-refractivity contribution in [2.45, 2.75) is 26.3 Å². The topological polar surface area (TPSA) is 78.9 Å². The van der Waals surface area contributed by atoms with E-state index in [1.165, 1.54) is 0 Å². The Morgan fingerprint density at radius 2 is 2.00 bits per heavy atom. The zero-order valence-corrected chi connectivity index (χ0v) is 16.4. The average molecular weight is 387 g/mol. The number of fused-ring (bicyclic) bond motifs is 1. The van der Waals surface area contributed by atoms with Crippen molar-refractivity contribution in [3.63, 3.8) is 0 Å². The van der Waals surface area contributed by atoms with Crippen LogP contribution in [0.4, 0.5) is 11.6 Å². The smallest absolute Gasteiger partial charge is 0.257 e. The number of aromatic nitrogens is 4.